The van der Waals surface area contributed by atoms with Crippen LogP contribution < -0.4 is 16.4 Å². The lowest BCUT2D eigenvalue weighted by Crippen LogP contribution is -2.31. The Morgan fingerprint density at radius 1 is 1.11 bits per heavy atom. The maximum absolute atomic E-state index is 13.3. The Morgan fingerprint density at radius 2 is 1.86 bits per heavy atom. The zero-order valence-corrected chi connectivity index (χ0v) is 19.9. The van der Waals surface area contributed by atoms with Gasteiger partial charge in [-0.2, -0.15) is 18.2 Å². The van der Waals surface area contributed by atoms with Crippen molar-refractivity contribution in [3.8, 4) is 0 Å². The fourth-order valence-corrected chi connectivity index (χ4v) is 5.48. The monoisotopic (exact) mass is 487 g/mol. The summed E-state index contributed by atoms with van der Waals surface area (Å²) in [6.45, 7) is 2.86. The molecule has 2 aliphatic carbocycles. The number of anilines is 3. The van der Waals surface area contributed by atoms with Gasteiger partial charge in [0.25, 0.3) is 0 Å². The van der Waals surface area contributed by atoms with Gasteiger partial charge in [0, 0.05) is 17.3 Å². The van der Waals surface area contributed by atoms with Crippen molar-refractivity contribution in [2.45, 2.75) is 76.0 Å². The second kappa shape index (κ2) is 9.29. The van der Waals surface area contributed by atoms with Crippen molar-refractivity contribution in [1.82, 2.24) is 19.5 Å². The summed E-state index contributed by atoms with van der Waals surface area (Å²) in [5, 5.41) is 6.65. The van der Waals surface area contributed by atoms with E-state index in [-0.39, 0.29) is 11.6 Å². The molecule has 0 spiro atoms. The lowest BCUT2D eigenvalue weighted by atomic mass is 9.86. The third-order valence-electron chi connectivity index (χ3n) is 7.51. The number of nitrogens with zero attached hydrogens (tertiary/aromatic N) is 4. The fraction of sp³-hybridized carbons (Fsp3) is 0.560. The van der Waals surface area contributed by atoms with E-state index in [4.69, 9.17) is 15.7 Å². The van der Waals surface area contributed by atoms with Crippen LogP contribution in [0, 0.1) is 5.92 Å². The van der Waals surface area contributed by atoms with Crippen molar-refractivity contribution in [1.29, 1.82) is 0 Å². The Bertz CT molecular complexity index is 1180. The average molecular weight is 488 g/mol. The number of hydrogen-bond acceptors (Lipinski definition) is 6. The SMILES string of the molecule is CC1(Nc2ncc3nc(Nc4cccc(C(F)(F)F)c4)n([C@H]4CC[C@H](CN)CC4)c3n2)CCCC1. The zero-order chi connectivity index (χ0) is 24.6. The number of nitrogens with two attached hydrogens (primary N) is 1. The number of alkyl halides is 3. The van der Waals surface area contributed by atoms with Gasteiger partial charge in [-0.05, 0) is 76.1 Å². The molecule has 5 rings (SSSR count). The van der Waals surface area contributed by atoms with Gasteiger partial charge in [-0.3, -0.25) is 4.57 Å². The van der Waals surface area contributed by atoms with Crippen LogP contribution in [0.4, 0.5) is 30.8 Å². The highest BCUT2D eigenvalue weighted by Gasteiger charge is 2.32. The van der Waals surface area contributed by atoms with Gasteiger partial charge in [0.15, 0.2) is 5.65 Å². The predicted molar refractivity (Wildman–Crippen MR) is 131 cm³/mol. The molecule has 0 bridgehead atoms. The Hall–Kier alpha value is -2.88. The first kappa shape index (κ1) is 23.8. The van der Waals surface area contributed by atoms with Crippen LogP contribution in [-0.2, 0) is 6.18 Å². The van der Waals surface area contributed by atoms with Crippen molar-refractivity contribution in [2.24, 2.45) is 11.7 Å². The maximum atomic E-state index is 13.3. The Balaban J connectivity index is 1.52. The van der Waals surface area contributed by atoms with Gasteiger partial charge in [0.05, 0.1) is 11.8 Å². The van der Waals surface area contributed by atoms with Gasteiger partial charge in [-0.1, -0.05) is 18.9 Å². The minimum absolute atomic E-state index is 0.0309. The van der Waals surface area contributed by atoms with Crippen molar-refractivity contribution in [3.05, 3.63) is 36.0 Å². The third kappa shape index (κ3) is 5.07. The molecule has 10 heteroatoms. The number of nitrogens with one attached hydrogen (secondary N) is 2. The molecule has 35 heavy (non-hydrogen) atoms. The molecule has 4 N–H and O–H groups in total. The summed E-state index contributed by atoms with van der Waals surface area (Å²) in [4.78, 5) is 14.1. The minimum atomic E-state index is -4.42. The molecule has 1 aromatic carbocycles. The molecule has 2 fully saturated rings. The summed E-state index contributed by atoms with van der Waals surface area (Å²) in [7, 11) is 0. The normalized spacial score (nSPS) is 22.4. The van der Waals surface area contributed by atoms with E-state index < -0.39 is 11.7 Å². The van der Waals surface area contributed by atoms with Gasteiger partial charge >= 0.3 is 6.18 Å². The summed E-state index contributed by atoms with van der Waals surface area (Å²) >= 11 is 0. The maximum Gasteiger partial charge on any atom is 0.416 e. The van der Waals surface area contributed by atoms with E-state index in [2.05, 4.69) is 22.5 Å². The summed E-state index contributed by atoms with van der Waals surface area (Å²) < 4.78 is 41.9. The number of rotatable bonds is 6. The van der Waals surface area contributed by atoms with Crippen LogP contribution in [0.5, 0.6) is 0 Å². The van der Waals surface area contributed by atoms with Gasteiger partial charge in [0.1, 0.15) is 5.52 Å². The third-order valence-corrected chi connectivity index (χ3v) is 7.51. The number of fused-ring (bicyclic) bond motifs is 1. The number of benzene rings is 1. The van der Waals surface area contributed by atoms with Crippen molar-refractivity contribution < 1.29 is 13.2 Å². The molecule has 0 radical (unpaired) electrons. The van der Waals surface area contributed by atoms with E-state index in [1.807, 2.05) is 4.57 Å². The number of imidazole rings is 1. The average Bonchev–Trinajstić information content (AvgIpc) is 3.41. The molecule has 0 saturated heterocycles. The fourth-order valence-electron chi connectivity index (χ4n) is 5.48. The van der Waals surface area contributed by atoms with Crippen LogP contribution in [0.25, 0.3) is 11.2 Å². The van der Waals surface area contributed by atoms with E-state index in [9.17, 15) is 13.2 Å². The van der Waals surface area contributed by atoms with E-state index in [1.165, 1.54) is 18.9 Å². The summed E-state index contributed by atoms with van der Waals surface area (Å²) in [5.41, 5.74) is 6.80. The first-order valence-electron chi connectivity index (χ1n) is 12.4. The molecule has 2 saturated carbocycles. The van der Waals surface area contributed by atoms with Crippen molar-refractivity contribution in [2.75, 3.05) is 17.2 Å². The highest BCUT2D eigenvalue weighted by Crippen LogP contribution is 2.38. The largest absolute Gasteiger partial charge is 0.416 e. The van der Waals surface area contributed by atoms with Gasteiger partial charge in [-0.15, -0.1) is 0 Å². The molecule has 3 aromatic rings. The number of aromatic nitrogens is 4. The van der Waals surface area contributed by atoms with Crippen LogP contribution in [0.2, 0.25) is 0 Å². The Labute approximate surface area is 202 Å². The second-order valence-corrected chi connectivity index (χ2v) is 10.2. The van der Waals surface area contributed by atoms with Crippen LogP contribution >= 0.6 is 0 Å². The lowest BCUT2D eigenvalue weighted by molar-refractivity contribution is -0.137. The molecule has 0 aliphatic heterocycles. The number of halogens is 3. The molecule has 0 amide bonds. The molecule has 2 aromatic heterocycles. The molecule has 7 nitrogen and oxygen atoms in total. The van der Waals surface area contributed by atoms with Gasteiger partial charge < -0.3 is 16.4 Å². The standard InChI is InChI=1S/C25H32F3N7/c1-24(11-2-3-12-24)34-22-30-15-20-21(33-22)35(19-9-7-16(14-29)8-10-19)23(32-20)31-18-6-4-5-17(13-18)25(26,27)28/h4-6,13,15-16,19H,2-3,7-12,14,29H2,1H3,(H,31,32)(H,30,33,34)/t16-,19-. The van der Waals surface area contributed by atoms with Gasteiger partial charge in [0.2, 0.25) is 11.9 Å². The first-order chi connectivity index (χ1) is 16.7. The quantitative estimate of drug-likeness (QED) is 0.393. The highest BCUT2D eigenvalue weighted by atomic mass is 19.4. The van der Waals surface area contributed by atoms with Crippen LogP contribution in [0.3, 0.4) is 0 Å². The highest BCUT2D eigenvalue weighted by molar-refractivity contribution is 5.76. The van der Waals surface area contributed by atoms with Crippen molar-refractivity contribution >= 4 is 28.7 Å². The number of hydrogen-bond donors (Lipinski definition) is 3. The lowest BCUT2D eigenvalue weighted by Gasteiger charge is -2.30. The molecule has 2 heterocycles. The van der Waals surface area contributed by atoms with Crippen LogP contribution in [0.15, 0.2) is 30.5 Å². The molecular weight excluding hydrogens is 455 g/mol. The molecular formula is C25H32F3N7. The Morgan fingerprint density at radius 3 is 2.54 bits per heavy atom. The minimum Gasteiger partial charge on any atom is -0.349 e. The Kier molecular flexibility index (Phi) is 6.33. The van der Waals surface area contributed by atoms with E-state index in [0.29, 0.717) is 41.2 Å². The molecule has 0 atom stereocenters. The topological polar surface area (TPSA) is 93.7 Å². The molecule has 0 unspecified atom stereocenters. The van der Waals surface area contributed by atoms with Crippen molar-refractivity contribution in [3.63, 3.8) is 0 Å². The van der Waals surface area contributed by atoms with Crippen LogP contribution in [-0.4, -0.2) is 31.6 Å². The predicted octanol–water partition coefficient (Wildman–Crippen LogP) is 6.02. The molecule has 188 valence electrons. The first-order valence-corrected chi connectivity index (χ1v) is 12.4. The van der Waals surface area contributed by atoms with Gasteiger partial charge in [-0.25, -0.2) is 9.97 Å². The van der Waals surface area contributed by atoms with E-state index >= 15 is 0 Å². The molecule has 2 aliphatic rings. The smallest absolute Gasteiger partial charge is 0.349 e. The summed E-state index contributed by atoms with van der Waals surface area (Å²) in [5.74, 6) is 1.54. The summed E-state index contributed by atoms with van der Waals surface area (Å²) in [6.07, 6.45) is 5.60. The summed E-state index contributed by atoms with van der Waals surface area (Å²) in [6, 6.07) is 5.31. The van der Waals surface area contributed by atoms with E-state index in [1.54, 1.807) is 12.3 Å². The van der Waals surface area contributed by atoms with E-state index in [0.717, 1.165) is 50.7 Å². The zero-order valence-electron chi connectivity index (χ0n) is 19.9. The second-order valence-electron chi connectivity index (χ2n) is 10.2. The van der Waals surface area contributed by atoms with Crippen LogP contribution in [0.1, 0.15) is 69.9 Å².